The molecular formula is C6H17O3P. The second-order valence-electron chi connectivity index (χ2n) is 1.66. The summed E-state index contributed by atoms with van der Waals surface area (Å²) >= 11 is 0. The highest BCUT2D eigenvalue weighted by Gasteiger charge is 1.83. The lowest BCUT2D eigenvalue weighted by atomic mass is 10.4. The minimum atomic E-state index is -2.12. The summed E-state index contributed by atoms with van der Waals surface area (Å²) in [6.07, 6.45) is 2.64. The molecule has 0 atom stereocenters. The summed E-state index contributed by atoms with van der Waals surface area (Å²) in [5.74, 6) is 0. The summed E-state index contributed by atoms with van der Waals surface area (Å²) in [6.45, 7) is 4.36. The lowest BCUT2D eigenvalue weighted by Gasteiger charge is -1.89. The zero-order chi connectivity index (χ0) is 8.41. The molecule has 0 fully saturated rings. The molecule has 0 aromatic carbocycles. The summed E-state index contributed by atoms with van der Waals surface area (Å²) in [4.78, 5) is 0. The molecule has 0 radical (unpaired) electrons. The first-order valence-corrected chi connectivity index (χ1v) is 4.57. The van der Waals surface area contributed by atoms with Crippen molar-refractivity contribution < 1.29 is 13.6 Å². The Morgan fingerprint density at radius 3 is 1.40 bits per heavy atom. The van der Waals surface area contributed by atoms with Crippen LogP contribution in [-0.2, 0) is 13.6 Å². The maximum atomic E-state index is 9.92. The van der Waals surface area contributed by atoms with Crippen molar-refractivity contribution in [2.45, 2.75) is 26.7 Å². The van der Waals surface area contributed by atoms with Gasteiger partial charge in [-0.05, 0) is 0 Å². The van der Waals surface area contributed by atoms with Crippen LogP contribution in [0, 0.1) is 0 Å². The van der Waals surface area contributed by atoms with Gasteiger partial charge in [-0.2, -0.15) is 0 Å². The number of hydrogen-bond acceptors (Lipinski definition) is 3. The Kier molecular flexibility index (Phi) is 15.2. The van der Waals surface area contributed by atoms with Crippen molar-refractivity contribution >= 4 is 8.25 Å². The third-order valence-electron chi connectivity index (χ3n) is 0.833. The zero-order valence-electron chi connectivity index (χ0n) is 7.14. The van der Waals surface area contributed by atoms with Crippen LogP contribution in [0.4, 0.5) is 0 Å². The molecular weight excluding hydrogens is 151 g/mol. The summed E-state index contributed by atoms with van der Waals surface area (Å²) in [6, 6.07) is 0. The summed E-state index contributed by atoms with van der Waals surface area (Å²) in [7, 11) is 0.558. The Balaban J connectivity index is 0. The molecule has 0 heterocycles. The fourth-order valence-corrected chi connectivity index (χ4v) is 0.250. The van der Waals surface area contributed by atoms with E-state index in [1.54, 1.807) is 0 Å². The molecule has 0 amide bonds. The average molecular weight is 168 g/mol. The lowest BCUT2D eigenvalue weighted by Crippen LogP contribution is -1.66. The van der Waals surface area contributed by atoms with Crippen molar-refractivity contribution in [1.82, 2.24) is 0 Å². The molecule has 0 aromatic heterocycles. The molecule has 4 heteroatoms. The van der Waals surface area contributed by atoms with Crippen molar-refractivity contribution in [3.63, 3.8) is 0 Å². The smallest absolute Gasteiger partial charge is 0.314 e. The van der Waals surface area contributed by atoms with Crippen LogP contribution in [0.5, 0.6) is 0 Å². The first kappa shape index (κ1) is 12.8. The maximum Gasteiger partial charge on any atom is 0.318 e. The minimum absolute atomic E-state index is 1.32. The molecule has 10 heavy (non-hydrogen) atoms. The van der Waals surface area contributed by atoms with E-state index < -0.39 is 8.25 Å². The first-order chi connectivity index (χ1) is 4.72. The molecule has 0 aliphatic rings. The average Bonchev–Trinajstić information content (AvgIpc) is 2.03. The second-order valence-corrected chi connectivity index (χ2v) is 2.97. The van der Waals surface area contributed by atoms with Crippen LogP contribution >= 0.6 is 8.25 Å². The van der Waals surface area contributed by atoms with Gasteiger partial charge in [-0.3, -0.25) is 4.57 Å². The molecule has 0 aliphatic heterocycles. The van der Waals surface area contributed by atoms with Gasteiger partial charge in [0.1, 0.15) is 0 Å². The molecule has 64 valence electrons. The van der Waals surface area contributed by atoms with E-state index in [2.05, 4.69) is 22.9 Å². The Hall–Kier alpha value is 0.150. The quantitative estimate of drug-likeness (QED) is 0.607. The molecule has 0 bridgehead atoms. The van der Waals surface area contributed by atoms with E-state index in [4.69, 9.17) is 0 Å². The molecule has 0 saturated heterocycles. The molecule has 3 nitrogen and oxygen atoms in total. The SMILES string of the molecule is CCCC.CO[PH](=O)OC. The Labute approximate surface area is 63.7 Å². The fourth-order valence-electron chi connectivity index (χ4n) is 0.0833. The molecule has 0 spiro atoms. The van der Waals surface area contributed by atoms with E-state index in [0.717, 1.165) is 0 Å². The number of unbranched alkanes of at least 4 members (excludes halogenated alkanes) is 1. The summed E-state index contributed by atoms with van der Waals surface area (Å²) in [5.41, 5.74) is 0. The van der Waals surface area contributed by atoms with Crippen molar-refractivity contribution in [3.8, 4) is 0 Å². The third-order valence-corrected chi connectivity index (χ3v) is 1.50. The van der Waals surface area contributed by atoms with Gasteiger partial charge in [0, 0.05) is 14.2 Å². The van der Waals surface area contributed by atoms with Gasteiger partial charge in [-0.25, -0.2) is 0 Å². The van der Waals surface area contributed by atoms with Crippen molar-refractivity contribution in [2.75, 3.05) is 14.2 Å². The van der Waals surface area contributed by atoms with E-state index in [0.29, 0.717) is 0 Å². The van der Waals surface area contributed by atoms with Gasteiger partial charge in [0.05, 0.1) is 0 Å². The van der Waals surface area contributed by atoms with E-state index in [-0.39, 0.29) is 0 Å². The van der Waals surface area contributed by atoms with E-state index in [1.165, 1.54) is 27.1 Å². The monoisotopic (exact) mass is 168 g/mol. The molecule has 0 saturated carbocycles. The predicted octanol–water partition coefficient (Wildman–Crippen LogP) is 2.48. The largest absolute Gasteiger partial charge is 0.318 e. The zero-order valence-corrected chi connectivity index (χ0v) is 8.14. The first-order valence-electron chi connectivity index (χ1n) is 3.34. The molecule has 0 rings (SSSR count). The van der Waals surface area contributed by atoms with Crippen LogP contribution in [0.3, 0.4) is 0 Å². The molecule has 0 aliphatic carbocycles. The lowest BCUT2D eigenvalue weighted by molar-refractivity contribution is 0.302. The fraction of sp³-hybridized carbons (Fsp3) is 1.00. The summed E-state index contributed by atoms with van der Waals surface area (Å²) in [5, 5.41) is 0. The topological polar surface area (TPSA) is 35.5 Å². The van der Waals surface area contributed by atoms with Gasteiger partial charge < -0.3 is 9.05 Å². The van der Waals surface area contributed by atoms with Crippen molar-refractivity contribution in [3.05, 3.63) is 0 Å². The van der Waals surface area contributed by atoms with Gasteiger partial charge in [0.15, 0.2) is 0 Å². The van der Waals surface area contributed by atoms with Gasteiger partial charge in [-0.15, -0.1) is 0 Å². The van der Waals surface area contributed by atoms with Crippen LogP contribution in [0.15, 0.2) is 0 Å². The van der Waals surface area contributed by atoms with Crippen molar-refractivity contribution in [2.24, 2.45) is 0 Å². The molecule has 0 aromatic rings. The van der Waals surface area contributed by atoms with E-state index in [9.17, 15) is 4.57 Å². The highest BCUT2D eigenvalue weighted by atomic mass is 31.1. The number of rotatable bonds is 3. The third kappa shape index (κ3) is 15.7. The van der Waals surface area contributed by atoms with Gasteiger partial charge in [0.25, 0.3) is 0 Å². The molecule has 0 unspecified atom stereocenters. The maximum absolute atomic E-state index is 9.92. The Bertz CT molecular complexity index is 67.4. The van der Waals surface area contributed by atoms with Crippen LogP contribution < -0.4 is 0 Å². The highest BCUT2D eigenvalue weighted by molar-refractivity contribution is 7.33. The van der Waals surface area contributed by atoms with Crippen LogP contribution in [0.2, 0.25) is 0 Å². The Morgan fingerprint density at radius 1 is 1.10 bits per heavy atom. The van der Waals surface area contributed by atoms with E-state index in [1.807, 2.05) is 0 Å². The van der Waals surface area contributed by atoms with Crippen LogP contribution in [0.25, 0.3) is 0 Å². The van der Waals surface area contributed by atoms with Gasteiger partial charge >= 0.3 is 8.25 Å². The van der Waals surface area contributed by atoms with Crippen LogP contribution in [0.1, 0.15) is 26.7 Å². The van der Waals surface area contributed by atoms with Gasteiger partial charge in [0.2, 0.25) is 0 Å². The minimum Gasteiger partial charge on any atom is -0.314 e. The second kappa shape index (κ2) is 11.9. The number of hydrogen-bond donors (Lipinski definition) is 0. The Morgan fingerprint density at radius 2 is 1.40 bits per heavy atom. The van der Waals surface area contributed by atoms with Crippen molar-refractivity contribution in [1.29, 1.82) is 0 Å². The normalized spacial score (nSPS) is 8.90. The van der Waals surface area contributed by atoms with E-state index >= 15 is 0 Å². The molecule has 0 N–H and O–H groups in total. The predicted molar refractivity (Wildman–Crippen MR) is 43.6 cm³/mol. The highest BCUT2D eigenvalue weighted by Crippen LogP contribution is 2.18. The summed E-state index contributed by atoms with van der Waals surface area (Å²) < 4.78 is 18.4. The van der Waals surface area contributed by atoms with Gasteiger partial charge in [-0.1, -0.05) is 26.7 Å². The van der Waals surface area contributed by atoms with Crippen LogP contribution in [-0.4, -0.2) is 14.2 Å². The standard InChI is InChI=1S/C4H10.C2H7O3P/c1-3-4-2;1-4-6(3)5-2/h3-4H2,1-2H3;6H,1-2H3.